The van der Waals surface area contributed by atoms with Gasteiger partial charge in [0.2, 0.25) is 3.79 Å². The van der Waals surface area contributed by atoms with Crippen LogP contribution < -0.4 is 5.32 Å². The first-order valence-corrected chi connectivity index (χ1v) is 4.90. The lowest BCUT2D eigenvalue weighted by Crippen LogP contribution is -2.45. The summed E-state index contributed by atoms with van der Waals surface area (Å²) in [5, 5.41) is 12.5. The minimum Gasteiger partial charge on any atom is -0.383 e. The quantitative estimate of drug-likeness (QED) is 0.565. The molecular weight excluding hydrogens is 257 g/mol. The number of hydrogen-bond donors (Lipinski definition) is 2. The Morgan fingerprint density at radius 2 is 2.36 bits per heavy atom. The molecule has 0 aromatic heterocycles. The van der Waals surface area contributed by atoms with E-state index in [0.717, 1.165) is 25.8 Å². The van der Waals surface area contributed by atoms with Crippen LogP contribution in [0.4, 0.5) is 0 Å². The lowest BCUT2D eigenvalue weighted by atomic mass is 10.0. The average Bonchev–Trinajstić information content (AvgIpc) is 2.05. The fourth-order valence-corrected chi connectivity index (χ4v) is 1.74. The molecule has 11 heavy (non-hydrogen) atoms. The summed E-state index contributed by atoms with van der Waals surface area (Å²) < 4.78 is -0.165. The molecule has 1 fully saturated rings. The summed E-state index contributed by atoms with van der Waals surface area (Å²) in [6, 6.07) is -0.00634. The van der Waals surface area contributed by atoms with E-state index in [2.05, 4.69) is 5.32 Å². The van der Waals surface area contributed by atoms with Gasteiger partial charge in [-0.15, -0.1) is 0 Å². The van der Waals surface area contributed by atoms with Crippen molar-refractivity contribution in [3.63, 3.8) is 0 Å². The largest absolute Gasteiger partial charge is 0.383 e. The Kier molecular flexibility index (Phi) is 3.74. The molecule has 0 saturated carbocycles. The van der Waals surface area contributed by atoms with E-state index in [1.807, 2.05) is 0 Å². The van der Waals surface area contributed by atoms with Gasteiger partial charge in [-0.25, -0.2) is 0 Å². The van der Waals surface area contributed by atoms with Gasteiger partial charge in [-0.3, -0.25) is 4.79 Å². The van der Waals surface area contributed by atoms with E-state index in [4.69, 9.17) is 0 Å². The van der Waals surface area contributed by atoms with Gasteiger partial charge < -0.3 is 10.4 Å². The van der Waals surface area contributed by atoms with Gasteiger partial charge in [0.25, 0.3) is 0 Å². The molecule has 2 atom stereocenters. The Hall–Kier alpha value is 0.320. The van der Waals surface area contributed by atoms with E-state index in [0.29, 0.717) is 0 Å². The van der Waals surface area contributed by atoms with Gasteiger partial charge >= 0.3 is 0 Å². The number of halogens is 1. The van der Waals surface area contributed by atoms with Crippen LogP contribution in [0, 0.1) is 0 Å². The topological polar surface area (TPSA) is 49.3 Å². The molecule has 1 aliphatic rings. The van der Waals surface area contributed by atoms with E-state index in [9.17, 15) is 9.90 Å². The molecule has 0 spiro atoms. The van der Waals surface area contributed by atoms with Crippen LogP contribution in [0.15, 0.2) is 0 Å². The Morgan fingerprint density at radius 1 is 1.64 bits per heavy atom. The predicted molar refractivity (Wildman–Crippen MR) is 50.7 cm³/mol. The summed E-state index contributed by atoms with van der Waals surface area (Å²) in [5.74, 6) is 0. The second-order valence-electron chi connectivity index (χ2n) is 2.81. The molecular formula is C7H12INO2. The standard InChI is InChI=1S/C7H12INO2/c8-7(11)6(10)5-3-1-2-4-9-5/h5-6,9-10H,1-4H2. The Bertz CT molecular complexity index is 145. The van der Waals surface area contributed by atoms with Crippen molar-refractivity contribution in [2.45, 2.75) is 31.4 Å². The third-order valence-electron chi connectivity index (χ3n) is 1.96. The Balaban J connectivity index is 2.38. The number of aliphatic hydroxyl groups is 1. The van der Waals surface area contributed by atoms with Crippen molar-refractivity contribution >= 4 is 26.4 Å². The molecule has 2 unspecified atom stereocenters. The minimum absolute atomic E-state index is 0.00634. The number of aliphatic hydroxyl groups excluding tert-OH is 1. The number of rotatable bonds is 2. The highest BCUT2D eigenvalue weighted by Crippen LogP contribution is 2.12. The van der Waals surface area contributed by atoms with Crippen LogP contribution in [-0.2, 0) is 4.79 Å². The SMILES string of the molecule is O=C(I)C(O)C1CCCCN1. The fourth-order valence-electron chi connectivity index (χ4n) is 1.31. The first-order chi connectivity index (χ1) is 5.22. The molecule has 2 N–H and O–H groups in total. The summed E-state index contributed by atoms with van der Waals surface area (Å²) >= 11 is 1.64. The van der Waals surface area contributed by atoms with Gasteiger partial charge in [0.1, 0.15) is 6.10 Å². The number of hydrogen-bond acceptors (Lipinski definition) is 3. The van der Waals surface area contributed by atoms with E-state index >= 15 is 0 Å². The number of carbonyl (C=O) groups is 1. The smallest absolute Gasteiger partial charge is 0.222 e. The molecule has 1 heterocycles. The Morgan fingerprint density at radius 3 is 2.82 bits per heavy atom. The van der Waals surface area contributed by atoms with Gasteiger partial charge in [-0.2, -0.15) is 0 Å². The summed E-state index contributed by atoms with van der Waals surface area (Å²) in [6.45, 7) is 0.922. The van der Waals surface area contributed by atoms with Crippen LogP contribution in [0.25, 0.3) is 0 Å². The van der Waals surface area contributed by atoms with Crippen LogP contribution in [0.1, 0.15) is 19.3 Å². The molecule has 0 aromatic rings. The number of carbonyl (C=O) groups excluding carboxylic acids is 1. The molecule has 4 heteroatoms. The second kappa shape index (κ2) is 4.37. The first-order valence-electron chi connectivity index (χ1n) is 3.82. The maximum atomic E-state index is 10.7. The van der Waals surface area contributed by atoms with Gasteiger partial charge in [-0.1, -0.05) is 6.42 Å². The van der Waals surface area contributed by atoms with Crippen LogP contribution in [0.5, 0.6) is 0 Å². The van der Waals surface area contributed by atoms with Crippen molar-refractivity contribution in [1.82, 2.24) is 5.32 Å². The van der Waals surface area contributed by atoms with Crippen LogP contribution in [-0.4, -0.2) is 27.6 Å². The van der Waals surface area contributed by atoms with Gasteiger partial charge in [0, 0.05) is 28.6 Å². The van der Waals surface area contributed by atoms with Crippen molar-refractivity contribution < 1.29 is 9.90 Å². The van der Waals surface area contributed by atoms with Gasteiger partial charge in [-0.05, 0) is 19.4 Å². The summed E-state index contributed by atoms with van der Waals surface area (Å²) in [4.78, 5) is 10.7. The summed E-state index contributed by atoms with van der Waals surface area (Å²) in [6.07, 6.45) is 2.36. The molecule has 3 nitrogen and oxygen atoms in total. The lowest BCUT2D eigenvalue weighted by molar-refractivity contribution is -0.118. The molecule has 1 saturated heterocycles. The predicted octanol–water partition coefficient (Wildman–Crippen LogP) is 0.451. The van der Waals surface area contributed by atoms with Crippen LogP contribution >= 0.6 is 22.6 Å². The normalized spacial score (nSPS) is 28.0. The van der Waals surface area contributed by atoms with Crippen molar-refractivity contribution in [2.24, 2.45) is 0 Å². The lowest BCUT2D eigenvalue weighted by Gasteiger charge is -2.25. The third-order valence-corrected chi connectivity index (χ3v) is 2.60. The van der Waals surface area contributed by atoms with Gasteiger partial charge in [0.05, 0.1) is 0 Å². The van der Waals surface area contributed by atoms with E-state index < -0.39 is 6.10 Å². The number of piperidine rings is 1. The average molecular weight is 269 g/mol. The Labute approximate surface area is 79.7 Å². The highest BCUT2D eigenvalue weighted by atomic mass is 127. The summed E-state index contributed by atoms with van der Waals surface area (Å²) in [5.41, 5.74) is 0. The first kappa shape index (κ1) is 9.41. The molecule has 0 radical (unpaired) electrons. The minimum atomic E-state index is -0.809. The van der Waals surface area contributed by atoms with E-state index in [1.54, 1.807) is 22.6 Å². The van der Waals surface area contributed by atoms with Crippen molar-refractivity contribution in [3.8, 4) is 0 Å². The van der Waals surface area contributed by atoms with E-state index in [-0.39, 0.29) is 9.83 Å². The zero-order valence-electron chi connectivity index (χ0n) is 6.22. The highest BCUT2D eigenvalue weighted by Gasteiger charge is 2.24. The molecule has 0 bridgehead atoms. The van der Waals surface area contributed by atoms with Crippen molar-refractivity contribution in [2.75, 3.05) is 6.54 Å². The van der Waals surface area contributed by atoms with Crippen molar-refractivity contribution in [1.29, 1.82) is 0 Å². The molecule has 1 aliphatic heterocycles. The van der Waals surface area contributed by atoms with Crippen molar-refractivity contribution in [3.05, 3.63) is 0 Å². The number of nitrogens with one attached hydrogen (secondary N) is 1. The van der Waals surface area contributed by atoms with E-state index in [1.165, 1.54) is 0 Å². The maximum absolute atomic E-state index is 10.7. The monoisotopic (exact) mass is 269 g/mol. The second-order valence-corrected chi connectivity index (χ2v) is 3.87. The highest BCUT2D eigenvalue weighted by molar-refractivity contribution is 14.1. The molecule has 1 rings (SSSR count). The fraction of sp³-hybridized carbons (Fsp3) is 0.857. The van der Waals surface area contributed by atoms with Crippen LogP contribution in [0.3, 0.4) is 0 Å². The zero-order chi connectivity index (χ0) is 8.27. The molecule has 64 valence electrons. The summed E-state index contributed by atoms with van der Waals surface area (Å²) in [7, 11) is 0. The molecule has 0 aliphatic carbocycles. The zero-order valence-corrected chi connectivity index (χ0v) is 8.37. The molecule has 0 amide bonds. The van der Waals surface area contributed by atoms with Gasteiger partial charge in [0.15, 0.2) is 0 Å². The third kappa shape index (κ3) is 2.68. The molecule has 0 aromatic carbocycles. The maximum Gasteiger partial charge on any atom is 0.222 e. The van der Waals surface area contributed by atoms with Crippen LogP contribution in [0.2, 0.25) is 0 Å².